The van der Waals surface area contributed by atoms with E-state index in [2.05, 4.69) is 9.50 Å². The van der Waals surface area contributed by atoms with E-state index in [4.69, 9.17) is 0 Å². The summed E-state index contributed by atoms with van der Waals surface area (Å²) in [5.41, 5.74) is 0.539. The first kappa shape index (κ1) is 18.2. The number of nitrogens with one attached hydrogen (secondary N) is 1. The van der Waals surface area contributed by atoms with Crippen LogP contribution in [0.1, 0.15) is 11.1 Å². The van der Waals surface area contributed by atoms with E-state index >= 15 is 0 Å². The number of benzene rings is 2. The van der Waals surface area contributed by atoms with E-state index < -0.39 is 38.6 Å². The maximum atomic E-state index is 12.7. The number of hydrogen-bond acceptors (Lipinski definition) is 5. The van der Waals surface area contributed by atoms with Crippen molar-refractivity contribution in [1.82, 2.24) is 0 Å². The second-order valence-corrected chi connectivity index (χ2v) is 7.37. The molecular weight excluding hydrogens is 371 g/mol. The molecule has 0 aliphatic carbocycles. The monoisotopic (exact) mass is 385 g/mol. The van der Waals surface area contributed by atoms with Gasteiger partial charge in [-0.1, -0.05) is 24.3 Å². The fourth-order valence-corrected chi connectivity index (χ4v) is 3.63. The molecule has 3 rings (SSSR count). The van der Waals surface area contributed by atoms with Crippen LogP contribution in [0.2, 0.25) is 0 Å². The van der Waals surface area contributed by atoms with Crippen molar-refractivity contribution < 1.29 is 30.6 Å². The highest BCUT2D eigenvalue weighted by molar-refractivity contribution is 7.87. The van der Waals surface area contributed by atoms with Crippen molar-refractivity contribution in [2.75, 3.05) is 11.9 Å². The molecule has 1 unspecified atom stereocenters. The molecule has 1 aliphatic heterocycles. The van der Waals surface area contributed by atoms with Gasteiger partial charge in [0.2, 0.25) is 0 Å². The van der Waals surface area contributed by atoms with Crippen molar-refractivity contribution in [3.05, 3.63) is 59.7 Å². The molecule has 0 bridgehead atoms. The number of rotatable bonds is 3. The summed E-state index contributed by atoms with van der Waals surface area (Å²) in [6, 6.07) is 10.3. The number of carbonyl (C=O) groups is 1. The Morgan fingerprint density at radius 1 is 1.12 bits per heavy atom. The molecule has 1 N–H and O–H groups in total. The first-order valence-corrected chi connectivity index (χ1v) is 9.05. The molecule has 1 aliphatic rings. The zero-order valence-corrected chi connectivity index (χ0v) is 14.1. The summed E-state index contributed by atoms with van der Waals surface area (Å²) in [6.07, 6.45) is -4.42. The van der Waals surface area contributed by atoms with E-state index in [1.807, 2.05) is 12.1 Å². The van der Waals surface area contributed by atoms with E-state index in [1.165, 1.54) is 0 Å². The van der Waals surface area contributed by atoms with Gasteiger partial charge in [0.25, 0.3) is 0 Å². The van der Waals surface area contributed by atoms with E-state index in [0.717, 1.165) is 29.4 Å². The lowest BCUT2D eigenvalue weighted by molar-refractivity contribution is -0.138. The van der Waals surface area contributed by atoms with E-state index in [1.54, 1.807) is 12.1 Å². The lowest BCUT2D eigenvalue weighted by Gasteiger charge is -2.24. The molecule has 1 atom stereocenters. The quantitative estimate of drug-likeness (QED) is 0.822. The van der Waals surface area contributed by atoms with Gasteiger partial charge in [-0.05, 0) is 36.2 Å². The molecule has 26 heavy (non-hydrogen) atoms. The summed E-state index contributed by atoms with van der Waals surface area (Å²) in [7, 11) is -4.65. The largest absolute Gasteiger partial charge is 0.416 e. The van der Waals surface area contributed by atoms with Crippen LogP contribution in [0.5, 0.6) is 0 Å². The molecule has 0 aromatic heterocycles. The Morgan fingerprint density at radius 3 is 2.58 bits per heavy atom. The van der Waals surface area contributed by atoms with Crippen molar-refractivity contribution in [3.8, 4) is 0 Å². The molecule has 0 saturated carbocycles. The number of fused-ring (bicyclic) bond motifs is 1. The third-order valence-electron chi connectivity index (χ3n) is 4.00. The van der Waals surface area contributed by atoms with E-state index in [-0.39, 0.29) is 13.0 Å². The predicted molar refractivity (Wildman–Crippen MR) is 86.8 cm³/mol. The maximum absolute atomic E-state index is 12.7. The van der Waals surface area contributed by atoms with Crippen molar-refractivity contribution in [1.29, 1.82) is 0 Å². The van der Waals surface area contributed by atoms with Gasteiger partial charge in [0.05, 0.1) is 11.5 Å². The Kier molecular flexibility index (Phi) is 4.66. The molecule has 2 aromatic carbocycles. The molecule has 0 saturated heterocycles. The molecular formula is C17H14F3NO4S. The Labute approximate surface area is 147 Å². The van der Waals surface area contributed by atoms with E-state index in [9.17, 15) is 26.4 Å². The number of carbonyl (C=O) groups excluding carboxylic acids is 1. The minimum atomic E-state index is -4.70. The van der Waals surface area contributed by atoms with Gasteiger partial charge in [0.15, 0.2) is 0 Å². The van der Waals surface area contributed by atoms with Gasteiger partial charge in [0, 0.05) is 12.2 Å². The minimum absolute atomic E-state index is 0.175. The SMILES string of the molecule is O=C(OS(=O)(=O)c1cccc(C(F)(F)F)c1)C1CNc2ccccc2C1. The highest BCUT2D eigenvalue weighted by Gasteiger charge is 2.34. The van der Waals surface area contributed by atoms with Crippen LogP contribution in [-0.4, -0.2) is 20.9 Å². The summed E-state index contributed by atoms with van der Waals surface area (Å²) in [5.74, 6) is -1.77. The van der Waals surface area contributed by atoms with Crippen molar-refractivity contribution in [3.63, 3.8) is 0 Å². The van der Waals surface area contributed by atoms with Crippen LogP contribution in [0.25, 0.3) is 0 Å². The first-order chi connectivity index (χ1) is 12.2. The van der Waals surface area contributed by atoms with Crippen LogP contribution < -0.4 is 5.32 Å². The van der Waals surface area contributed by atoms with Crippen molar-refractivity contribution in [2.24, 2.45) is 5.92 Å². The Morgan fingerprint density at radius 2 is 1.85 bits per heavy atom. The standard InChI is InChI=1S/C17H14F3NO4S/c18-17(19,20)13-5-3-6-14(9-13)26(23,24)25-16(22)12-8-11-4-1-2-7-15(11)21-10-12/h1-7,9,12,21H,8,10H2. The summed E-state index contributed by atoms with van der Waals surface area (Å²) < 4.78 is 67.1. The molecule has 2 aromatic rings. The van der Waals surface area contributed by atoms with Gasteiger partial charge in [-0.25, -0.2) is 0 Å². The van der Waals surface area contributed by atoms with Crippen LogP contribution in [0.4, 0.5) is 18.9 Å². The molecule has 5 nitrogen and oxygen atoms in total. The molecule has 9 heteroatoms. The zero-order valence-electron chi connectivity index (χ0n) is 13.3. The Hall–Kier alpha value is -2.55. The summed E-state index contributed by atoms with van der Waals surface area (Å²) in [4.78, 5) is 11.5. The lowest BCUT2D eigenvalue weighted by atomic mass is 9.94. The average Bonchev–Trinajstić information content (AvgIpc) is 2.60. The Bertz CT molecular complexity index is 941. The number of hydrogen-bond donors (Lipinski definition) is 1. The molecule has 0 radical (unpaired) electrons. The lowest BCUT2D eigenvalue weighted by Crippen LogP contribution is -2.32. The summed E-state index contributed by atoms with van der Waals surface area (Å²) >= 11 is 0. The van der Waals surface area contributed by atoms with Crippen molar-refractivity contribution in [2.45, 2.75) is 17.5 Å². The van der Waals surface area contributed by atoms with E-state index in [0.29, 0.717) is 6.07 Å². The summed E-state index contributed by atoms with van der Waals surface area (Å²) in [6.45, 7) is 0.175. The fourth-order valence-electron chi connectivity index (χ4n) is 2.66. The van der Waals surface area contributed by atoms with Gasteiger partial charge in [0.1, 0.15) is 4.90 Å². The van der Waals surface area contributed by atoms with Crippen molar-refractivity contribution >= 4 is 21.8 Å². The van der Waals surface area contributed by atoms with Gasteiger partial charge < -0.3 is 9.50 Å². The van der Waals surface area contributed by atoms with Crippen LogP contribution in [-0.2, 0) is 31.7 Å². The minimum Gasteiger partial charge on any atom is -0.384 e. The topological polar surface area (TPSA) is 72.5 Å². The third kappa shape index (κ3) is 3.82. The third-order valence-corrected chi connectivity index (χ3v) is 5.21. The molecule has 0 amide bonds. The van der Waals surface area contributed by atoms with Gasteiger partial charge in [-0.3, -0.25) is 4.79 Å². The summed E-state index contributed by atoms with van der Waals surface area (Å²) in [5, 5.41) is 3.00. The number of alkyl halides is 3. The molecule has 1 heterocycles. The highest BCUT2D eigenvalue weighted by atomic mass is 32.2. The van der Waals surface area contributed by atoms with Crippen LogP contribution >= 0.6 is 0 Å². The predicted octanol–water partition coefficient (Wildman–Crippen LogP) is 3.22. The molecule has 0 spiro atoms. The van der Waals surface area contributed by atoms with Crippen LogP contribution in [0.15, 0.2) is 53.4 Å². The highest BCUT2D eigenvalue weighted by Crippen LogP contribution is 2.31. The number of halogens is 3. The van der Waals surface area contributed by atoms with Gasteiger partial charge >= 0.3 is 22.3 Å². The van der Waals surface area contributed by atoms with Gasteiger partial charge in [-0.2, -0.15) is 21.6 Å². The number of anilines is 1. The fraction of sp³-hybridized carbons (Fsp3) is 0.235. The second kappa shape index (κ2) is 6.64. The molecule has 138 valence electrons. The number of para-hydroxylation sites is 1. The van der Waals surface area contributed by atoms with Crippen LogP contribution in [0, 0.1) is 5.92 Å². The second-order valence-electron chi connectivity index (χ2n) is 5.82. The van der Waals surface area contributed by atoms with Crippen LogP contribution in [0.3, 0.4) is 0 Å². The molecule has 0 fully saturated rings. The smallest absolute Gasteiger partial charge is 0.384 e. The first-order valence-electron chi connectivity index (χ1n) is 7.64. The zero-order chi connectivity index (χ0) is 18.9. The Balaban J connectivity index is 1.77. The van der Waals surface area contributed by atoms with Gasteiger partial charge in [-0.15, -0.1) is 0 Å². The maximum Gasteiger partial charge on any atom is 0.416 e. The average molecular weight is 385 g/mol. The normalized spacial score (nSPS) is 17.1.